The number of nitrogens with zero attached hydrogens (tertiary/aromatic N) is 2. The van der Waals surface area contributed by atoms with Crippen molar-refractivity contribution in [2.75, 3.05) is 46.0 Å². The fourth-order valence-electron chi connectivity index (χ4n) is 4.35. The van der Waals surface area contributed by atoms with E-state index in [0.29, 0.717) is 10.5 Å². The fourth-order valence-corrected chi connectivity index (χ4v) is 43.7. The van der Waals surface area contributed by atoms with E-state index < -0.39 is 83.1 Å². The molecule has 0 unspecified atom stereocenters. The molecule has 5 N–H and O–H groups in total. The first-order valence-electron chi connectivity index (χ1n) is 11.0. The van der Waals surface area contributed by atoms with Crippen LogP contribution in [-0.2, 0) is 9.59 Å². The molecule has 35 heavy (non-hydrogen) atoms. The SMILES string of the molecule is C=IC(=O)I(C/C=C/C=C(\C)NC1CCN(C)CC1)CI1(C)(O)C(=O)C(C(N)=O)=C(O)[C@H]1N(C)C. The number of piperidine rings is 1. The van der Waals surface area contributed by atoms with Crippen molar-refractivity contribution in [3.63, 3.8) is 0 Å². The molecule has 2 rings (SSSR count). The topological polar surface area (TPSA) is 136 Å². The molecule has 0 aliphatic carbocycles. The average Bonchev–Trinajstić information content (AvgIpc) is 2.92. The van der Waals surface area contributed by atoms with Crippen molar-refractivity contribution in [1.82, 2.24) is 15.1 Å². The first-order valence-corrected chi connectivity index (χ1v) is 24.7. The van der Waals surface area contributed by atoms with Crippen LogP contribution in [0.2, 0.25) is 0 Å². The van der Waals surface area contributed by atoms with E-state index in [2.05, 4.69) is 21.8 Å². The summed E-state index contributed by atoms with van der Waals surface area (Å²) in [5.41, 5.74) is 5.92. The summed E-state index contributed by atoms with van der Waals surface area (Å²) in [6.07, 6.45) is 8.03. The van der Waals surface area contributed by atoms with Crippen molar-refractivity contribution in [2.45, 2.75) is 29.9 Å². The summed E-state index contributed by atoms with van der Waals surface area (Å²) in [4.78, 5) is 43.6. The van der Waals surface area contributed by atoms with Crippen molar-refractivity contribution < 1.29 is 22.9 Å². The zero-order valence-corrected chi connectivity index (χ0v) is 27.5. The molecular formula is C23H39I3N4O5. The Kier molecular flexibility index (Phi) is 10.9. The molecule has 2 heterocycles. The van der Waals surface area contributed by atoms with Crippen molar-refractivity contribution in [3.05, 3.63) is 35.3 Å². The maximum atomic E-state index is 13.3. The van der Waals surface area contributed by atoms with Gasteiger partial charge in [0.2, 0.25) is 0 Å². The van der Waals surface area contributed by atoms with Crippen LogP contribution in [0.4, 0.5) is 4.79 Å². The third kappa shape index (κ3) is 7.12. The Bertz CT molecular complexity index is 968. The van der Waals surface area contributed by atoms with Gasteiger partial charge in [0.05, 0.1) is 0 Å². The second-order valence-corrected chi connectivity index (χ2v) is 33.0. The van der Waals surface area contributed by atoms with Gasteiger partial charge in [0.1, 0.15) is 0 Å². The number of nitrogens with one attached hydrogen (secondary N) is 1. The van der Waals surface area contributed by atoms with Gasteiger partial charge >= 0.3 is 229 Å². The van der Waals surface area contributed by atoms with Crippen LogP contribution in [0, 0.1) is 0 Å². The summed E-state index contributed by atoms with van der Waals surface area (Å²) in [5.74, 6) is -1.51. The van der Waals surface area contributed by atoms with E-state index in [-0.39, 0.29) is 4.23 Å². The molecule has 1 saturated heterocycles. The van der Waals surface area contributed by atoms with Gasteiger partial charge in [-0.1, -0.05) is 0 Å². The monoisotopic (exact) mass is 832 g/mol. The van der Waals surface area contributed by atoms with E-state index in [1.54, 1.807) is 19.0 Å². The van der Waals surface area contributed by atoms with Gasteiger partial charge in [0.15, 0.2) is 0 Å². The van der Waals surface area contributed by atoms with Crippen LogP contribution in [0.25, 0.3) is 0 Å². The van der Waals surface area contributed by atoms with Gasteiger partial charge in [-0.3, -0.25) is 0 Å². The van der Waals surface area contributed by atoms with Crippen molar-refractivity contribution in [2.24, 2.45) is 5.73 Å². The van der Waals surface area contributed by atoms with Crippen LogP contribution in [0.3, 0.4) is 0 Å². The van der Waals surface area contributed by atoms with Gasteiger partial charge < -0.3 is 0 Å². The second-order valence-electron chi connectivity index (χ2n) is 9.31. The van der Waals surface area contributed by atoms with Gasteiger partial charge in [-0.15, -0.1) is 0 Å². The van der Waals surface area contributed by atoms with E-state index in [0.717, 1.165) is 31.6 Å². The molecule has 0 spiro atoms. The zero-order valence-electron chi connectivity index (χ0n) is 21.1. The molecule has 0 aromatic carbocycles. The van der Waals surface area contributed by atoms with Crippen LogP contribution in [0.5, 0.6) is 0 Å². The zero-order chi connectivity index (χ0) is 26.6. The van der Waals surface area contributed by atoms with E-state index >= 15 is 0 Å². The first-order chi connectivity index (χ1) is 16.2. The van der Waals surface area contributed by atoms with Gasteiger partial charge in [-0.25, -0.2) is 0 Å². The molecule has 1 atom stereocenters. The molecule has 0 aromatic heterocycles. The number of aliphatic hydroxyl groups excluding tert-OH is 1. The third-order valence-electron chi connectivity index (χ3n) is 6.00. The minimum atomic E-state index is -5.18. The Morgan fingerprint density at radius 1 is 1.37 bits per heavy atom. The fraction of sp³-hybridized carbons (Fsp3) is 0.565. The van der Waals surface area contributed by atoms with E-state index in [4.69, 9.17) is 5.73 Å². The molecule has 2 aliphatic rings. The molecule has 0 radical (unpaired) electrons. The molecule has 9 nitrogen and oxygen atoms in total. The molecule has 202 valence electrons. The van der Waals surface area contributed by atoms with E-state index in [9.17, 15) is 22.9 Å². The van der Waals surface area contributed by atoms with Gasteiger partial charge in [0.25, 0.3) is 0 Å². The quantitative estimate of drug-likeness (QED) is 0.0624. The predicted molar refractivity (Wildman–Crippen MR) is 170 cm³/mol. The maximum absolute atomic E-state index is 13.3. The molecule has 1 fully saturated rings. The number of allylic oxidation sites excluding steroid dienone is 4. The number of likely N-dealkylation sites (tertiary alicyclic amines) is 1. The van der Waals surface area contributed by atoms with E-state index in [1.165, 1.54) is 4.93 Å². The minimum absolute atomic E-state index is 0.0759. The Morgan fingerprint density at radius 2 is 1.97 bits per heavy atom. The van der Waals surface area contributed by atoms with Crippen molar-refractivity contribution >= 4 is 74.0 Å². The number of carbonyl (C=O) groups is 3. The molecule has 0 saturated carbocycles. The van der Waals surface area contributed by atoms with Crippen molar-refractivity contribution in [1.29, 1.82) is 0 Å². The van der Waals surface area contributed by atoms with E-state index in [1.807, 2.05) is 25.2 Å². The number of alkyl halides is 5. The number of nitrogens with two attached hydrogens (primary N) is 1. The number of rotatable bonds is 11. The van der Waals surface area contributed by atoms with Crippen LogP contribution >= 0.6 is 58.0 Å². The first kappa shape index (κ1) is 30.8. The summed E-state index contributed by atoms with van der Waals surface area (Å²) in [5, 5.41) is 14.2. The van der Waals surface area contributed by atoms with Gasteiger partial charge in [0, 0.05) is 0 Å². The number of carbonyl (C=O) groups excluding carboxylic acids is 3. The molecular weight excluding hydrogens is 793 g/mol. The summed E-state index contributed by atoms with van der Waals surface area (Å²) < 4.78 is 14.8. The number of likely N-dealkylation sites (N-methyl/N-ethyl adjacent to an activating group) is 1. The Balaban J connectivity index is 2.20. The molecule has 0 aromatic rings. The molecule has 1 amide bonds. The summed E-state index contributed by atoms with van der Waals surface area (Å²) >= 11 is -8.68. The number of hydrogen-bond acceptors (Lipinski definition) is 8. The number of halogens is 3. The van der Waals surface area contributed by atoms with Gasteiger partial charge in [-0.2, -0.15) is 0 Å². The number of aliphatic hydroxyl groups is 1. The van der Waals surface area contributed by atoms with Crippen LogP contribution in [0.15, 0.2) is 35.3 Å². The predicted octanol–water partition coefficient (Wildman–Crippen LogP) is 2.96. The normalized spacial score (nSPS) is 25.1. The van der Waals surface area contributed by atoms with Gasteiger partial charge in [-0.05, 0) is 0 Å². The molecule has 12 heteroatoms. The Labute approximate surface area is 226 Å². The van der Waals surface area contributed by atoms with Crippen LogP contribution in [0.1, 0.15) is 19.8 Å². The van der Waals surface area contributed by atoms with Crippen LogP contribution in [-0.4, -0.2) is 90.5 Å². The summed E-state index contributed by atoms with van der Waals surface area (Å²) in [6, 6.07) is 0.454. The Hall–Kier alpha value is -0.430. The average molecular weight is 832 g/mol. The summed E-state index contributed by atoms with van der Waals surface area (Å²) in [7, 11) is 5.40. The second kappa shape index (κ2) is 12.4. The summed E-state index contributed by atoms with van der Waals surface area (Å²) in [6.45, 7) is 4.17. The standard InChI is InChI=1S/C23H39I3N4O5/c1-16(28-17-10-13-30(6)14-11-17)9-7-8-12-25(23(34)24-2)15-26(3,35)20(29(4)5)19(31)18(21(26)32)22(27)33/h7-9,17,20,28,31,35H,2,10-15H2,1,3-6H3,(H2,27,33)/b8-7+,16-9+/t20-/m1/s1. The molecule has 2 aliphatic heterocycles. The third-order valence-corrected chi connectivity index (χ3v) is 39.8. The number of primary amides is 1. The number of hydrogen-bond donors (Lipinski definition) is 4. The molecule has 0 bridgehead atoms. The number of amides is 1. The van der Waals surface area contributed by atoms with Crippen molar-refractivity contribution in [3.8, 4) is 0 Å². The van der Waals surface area contributed by atoms with Crippen LogP contribution < -0.4 is 11.1 Å². The Morgan fingerprint density at radius 3 is 2.49 bits per heavy atom.